The van der Waals surface area contributed by atoms with Gasteiger partial charge in [-0.25, -0.2) is 0 Å². The van der Waals surface area contributed by atoms with E-state index in [-0.39, 0.29) is 18.1 Å². The minimum Gasteiger partial charge on any atom is -0.390 e. The Hall–Kier alpha value is -0.650. The molecule has 1 aliphatic rings. The molecule has 1 fully saturated rings. The van der Waals surface area contributed by atoms with E-state index in [1.807, 2.05) is 11.8 Å². The van der Waals surface area contributed by atoms with Gasteiger partial charge in [0.05, 0.1) is 12.6 Å². The van der Waals surface area contributed by atoms with Crippen molar-refractivity contribution in [2.45, 2.75) is 19.1 Å². The lowest BCUT2D eigenvalue weighted by Gasteiger charge is -2.29. The highest BCUT2D eigenvalue weighted by Crippen LogP contribution is 2.09. The molecular formula is C10H21N3O2. The third-order valence-electron chi connectivity index (χ3n) is 2.86. The monoisotopic (exact) mass is 215 g/mol. The van der Waals surface area contributed by atoms with Crippen LogP contribution in [0.4, 0.5) is 0 Å². The van der Waals surface area contributed by atoms with Crippen LogP contribution in [0, 0.1) is 0 Å². The minimum absolute atomic E-state index is 0.0684. The van der Waals surface area contributed by atoms with Crippen LogP contribution in [-0.4, -0.2) is 73.2 Å². The largest absolute Gasteiger partial charge is 0.390 e. The highest BCUT2D eigenvalue weighted by molar-refractivity contribution is 5.77. The molecule has 0 saturated carbocycles. The lowest BCUT2D eigenvalue weighted by Crippen LogP contribution is -2.47. The summed E-state index contributed by atoms with van der Waals surface area (Å²) in [6, 6.07) is 0.0684. The van der Waals surface area contributed by atoms with Gasteiger partial charge in [0.2, 0.25) is 5.91 Å². The first-order valence-electron chi connectivity index (χ1n) is 5.39. The Morgan fingerprint density at radius 2 is 2.13 bits per heavy atom. The van der Waals surface area contributed by atoms with Crippen LogP contribution in [0.1, 0.15) is 6.92 Å². The number of rotatable bonds is 4. The fourth-order valence-electron chi connectivity index (χ4n) is 1.80. The molecule has 0 aromatic heterocycles. The molecule has 0 radical (unpaired) electrons. The van der Waals surface area contributed by atoms with Crippen LogP contribution in [0.15, 0.2) is 0 Å². The summed E-state index contributed by atoms with van der Waals surface area (Å²) < 4.78 is 0. The molecule has 2 unspecified atom stereocenters. The zero-order valence-electron chi connectivity index (χ0n) is 9.73. The Morgan fingerprint density at radius 1 is 1.47 bits per heavy atom. The Kier molecular flexibility index (Phi) is 4.50. The number of hydrogen-bond donors (Lipinski definition) is 2. The third-order valence-corrected chi connectivity index (χ3v) is 2.86. The Labute approximate surface area is 91.0 Å². The molecule has 1 saturated heterocycles. The second-order valence-electron chi connectivity index (χ2n) is 4.14. The summed E-state index contributed by atoms with van der Waals surface area (Å²) >= 11 is 0. The predicted octanol–water partition coefficient (Wildman–Crippen LogP) is -1.27. The molecule has 2 atom stereocenters. The van der Waals surface area contributed by atoms with Crippen LogP contribution >= 0.6 is 0 Å². The molecule has 0 bridgehead atoms. The van der Waals surface area contributed by atoms with E-state index in [9.17, 15) is 9.90 Å². The van der Waals surface area contributed by atoms with Crippen molar-refractivity contribution in [1.29, 1.82) is 0 Å². The van der Waals surface area contributed by atoms with Gasteiger partial charge in [-0.2, -0.15) is 0 Å². The molecule has 0 spiro atoms. The highest BCUT2D eigenvalue weighted by Gasteiger charge is 2.30. The number of amides is 1. The van der Waals surface area contributed by atoms with E-state index < -0.39 is 0 Å². The van der Waals surface area contributed by atoms with Crippen molar-refractivity contribution in [1.82, 2.24) is 15.1 Å². The standard InChI is InChI=1S/C10H21N3O2/c1-4-13(7-10(15)12(2)3)8-5-11-6-9(8)14/h8-9,11,14H,4-7H2,1-3H3. The zero-order valence-corrected chi connectivity index (χ0v) is 9.73. The number of β-amino-alcohol motifs (C(OH)–C–C–N with tert-alkyl or cyclic N) is 1. The molecule has 0 aromatic rings. The first-order valence-corrected chi connectivity index (χ1v) is 5.39. The average Bonchev–Trinajstić information content (AvgIpc) is 2.60. The van der Waals surface area contributed by atoms with Crippen molar-refractivity contribution in [3.05, 3.63) is 0 Å². The molecular weight excluding hydrogens is 194 g/mol. The summed E-state index contributed by atoms with van der Waals surface area (Å²) in [7, 11) is 3.50. The number of nitrogens with zero attached hydrogens (tertiary/aromatic N) is 2. The Bertz CT molecular complexity index is 221. The van der Waals surface area contributed by atoms with E-state index in [1.54, 1.807) is 19.0 Å². The summed E-state index contributed by atoms with van der Waals surface area (Å²) in [6.07, 6.45) is -0.361. The molecule has 1 heterocycles. The van der Waals surface area contributed by atoms with Gasteiger partial charge in [0.15, 0.2) is 0 Å². The number of hydrogen-bond acceptors (Lipinski definition) is 4. The summed E-state index contributed by atoms with van der Waals surface area (Å²) in [5.74, 6) is 0.0796. The van der Waals surface area contributed by atoms with Crippen LogP contribution in [0.5, 0.6) is 0 Å². The normalized spacial score (nSPS) is 25.9. The first-order chi connectivity index (χ1) is 7.06. The molecule has 88 valence electrons. The van der Waals surface area contributed by atoms with Crippen molar-refractivity contribution >= 4 is 5.91 Å². The van der Waals surface area contributed by atoms with E-state index in [0.29, 0.717) is 13.1 Å². The lowest BCUT2D eigenvalue weighted by atomic mass is 10.2. The number of carbonyl (C=O) groups excluding carboxylic acids is 1. The van der Waals surface area contributed by atoms with Gasteiger partial charge in [-0.3, -0.25) is 9.69 Å². The number of nitrogens with one attached hydrogen (secondary N) is 1. The van der Waals surface area contributed by atoms with Crippen molar-refractivity contribution in [2.75, 3.05) is 40.3 Å². The molecule has 15 heavy (non-hydrogen) atoms. The van der Waals surface area contributed by atoms with Crippen molar-refractivity contribution in [3.8, 4) is 0 Å². The Morgan fingerprint density at radius 3 is 2.53 bits per heavy atom. The Balaban J connectivity index is 2.51. The number of aliphatic hydroxyl groups is 1. The SMILES string of the molecule is CCN(CC(=O)N(C)C)C1CNCC1O. The predicted molar refractivity (Wildman–Crippen MR) is 58.6 cm³/mol. The molecule has 1 amide bonds. The van der Waals surface area contributed by atoms with E-state index >= 15 is 0 Å². The van der Waals surface area contributed by atoms with Crippen LogP contribution in [0.2, 0.25) is 0 Å². The molecule has 1 aliphatic heterocycles. The quantitative estimate of drug-likeness (QED) is 0.614. The molecule has 2 N–H and O–H groups in total. The van der Waals surface area contributed by atoms with Gasteiger partial charge in [-0.15, -0.1) is 0 Å². The van der Waals surface area contributed by atoms with Crippen LogP contribution < -0.4 is 5.32 Å². The second-order valence-corrected chi connectivity index (χ2v) is 4.14. The smallest absolute Gasteiger partial charge is 0.236 e. The minimum atomic E-state index is -0.361. The zero-order chi connectivity index (χ0) is 11.4. The molecule has 0 aliphatic carbocycles. The van der Waals surface area contributed by atoms with Gasteiger partial charge in [-0.05, 0) is 6.54 Å². The number of likely N-dealkylation sites (N-methyl/N-ethyl adjacent to an activating group) is 2. The van der Waals surface area contributed by atoms with E-state index in [2.05, 4.69) is 5.32 Å². The fraction of sp³-hybridized carbons (Fsp3) is 0.900. The molecule has 5 nitrogen and oxygen atoms in total. The number of aliphatic hydroxyl groups excluding tert-OH is 1. The topological polar surface area (TPSA) is 55.8 Å². The summed E-state index contributed by atoms with van der Waals surface area (Å²) in [4.78, 5) is 15.2. The van der Waals surface area contributed by atoms with Gasteiger partial charge in [-0.1, -0.05) is 6.92 Å². The van der Waals surface area contributed by atoms with E-state index in [1.165, 1.54) is 0 Å². The van der Waals surface area contributed by atoms with Gasteiger partial charge >= 0.3 is 0 Å². The first kappa shape index (κ1) is 12.4. The maximum Gasteiger partial charge on any atom is 0.236 e. The van der Waals surface area contributed by atoms with Gasteiger partial charge in [0.1, 0.15) is 0 Å². The fourth-order valence-corrected chi connectivity index (χ4v) is 1.80. The van der Waals surface area contributed by atoms with Crippen LogP contribution in [0.3, 0.4) is 0 Å². The maximum absolute atomic E-state index is 11.6. The van der Waals surface area contributed by atoms with Crippen LogP contribution in [-0.2, 0) is 4.79 Å². The van der Waals surface area contributed by atoms with Crippen LogP contribution in [0.25, 0.3) is 0 Å². The highest BCUT2D eigenvalue weighted by atomic mass is 16.3. The van der Waals surface area contributed by atoms with Gasteiger partial charge in [0.25, 0.3) is 0 Å². The van der Waals surface area contributed by atoms with Crippen molar-refractivity contribution in [2.24, 2.45) is 0 Å². The third kappa shape index (κ3) is 3.15. The van der Waals surface area contributed by atoms with E-state index in [4.69, 9.17) is 0 Å². The van der Waals surface area contributed by atoms with Gasteiger partial charge in [0, 0.05) is 33.2 Å². The summed E-state index contributed by atoms with van der Waals surface area (Å²) in [5, 5.41) is 12.8. The maximum atomic E-state index is 11.6. The summed E-state index contributed by atoms with van der Waals surface area (Å²) in [6.45, 7) is 4.55. The second kappa shape index (κ2) is 5.44. The lowest BCUT2D eigenvalue weighted by molar-refractivity contribution is -0.130. The van der Waals surface area contributed by atoms with Gasteiger partial charge < -0.3 is 15.3 Å². The average molecular weight is 215 g/mol. The van der Waals surface area contributed by atoms with Crippen molar-refractivity contribution in [3.63, 3.8) is 0 Å². The molecule has 1 rings (SSSR count). The molecule has 5 heteroatoms. The van der Waals surface area contributed by atoms with E-state index in [0.717, 1.165) is 13.1 Å². The number of carbonyl (C=O) groups is 1. The molecule has 0 aromatic carbocycles. The summed E-state index contributed by atoms with van der Waals surface area (Å²) in [5.41, 5.74) is 0. The van der Waals surface area contributed by atoms with Crippen molar-refractivity contribution < 1.29 is 9.90 Å².